The normalized spacial score (nSPS) is 18.6. The van der Waals surface area contributed by atoms with Gasteiger partial charge in [0.15, 0.2) is 0 Å². The Morgan fingerprint density at radius 2 is 2.27 bits per heavy atom. The predicted octanol–water partition coefficient (Wildman–Crippen LogP) is 2.85. The number of benzene rings is 1. The van der Waals surface area contributed by atoms with Crippen molar-refractivity contribution in [3.05, 3.63) is 28.8 Å². The summed E-state index contributed by atoms with van der Waals surface area (Å²) in [4.78, 5) is 1.12. The summed E-state index contributed by atoms with van der Waals surface area (Å²) in [5.74, 6) is 0. The quantitative estimate of drug-likeness (QED) is 0.887. The highest BCUT2D eigenvalue weighted by molar-refractivity contribution is 8.00. The first-order chi connectivity index (χ1) is 7.16. The zero-order valence-electron chi connectivity index (χ0n) is 8.57. The van der Waals surface area contributed by atoms with E-state index in [0.717, 1.165) is 28.7 Å². The van der Waals surface area contributed by atoms with Crippen LogP contribution in [0.1, 0.15) is 18.5 Å². The molecule has 1 aliphatic heterocycles. The topological polar surface area (TPSA) is 35.2 Å². The Kier molecular flexibility index (Phi) is 3.57. The molecule has 1 aromatic carbocycles. The van der Waals surface area contributed by atoms with Crippen LogP contribution >= 0.6 is 23.4 Å². The molecule has 1 heterocycles. The van der Waals surface area contributed by atoms with E-state index in [0.29, 0.717) is 5.25 Å². The van der Waals surface area contributed by atoms with Gasteiger partial charge in [0.05, 0.1) is 23.5 Å². The Labute approximate surface area is 99.1 Å². The van der Waals surface area contributed by atoms with Gasteiger partial charge in [-0.3, -0.25) is 0 Å². The molecule has 0 spiro atoms. The molecule has 0 unspecified atom stereocenters. The standard InChI is InChI=1S/C11H14ClNOS/c1-7(13)8-2-3-11(10(12)4-8)15-9-5-14-6-9/h2-4,7,9H,5-6,13H2,1H3/t7-/m0/s1. The van der Waals surface area contributed by atoms with E-state index in [2.05, 4.69) is 0 Å². The van der Waals surface area contributed by atoms with Crippen molar-refractivity contribution in [1.29, 1.82) is 0 Å². The fraction of sp³-hybridized carbons (Fsp3) is 0.455. The van der Waals surface area contributed by atoms with E-state index in [1.165, 1.54) is 0 Å². The first-order valence-corrected chi connectivity index (χ1v) is 6.22. The molecule has 0 amide bonds. The molecule has 15 heavy (non-hydrogen) atoms. The molecule has 1 saturated heterocycles. The average molecular weight is 244 g/mol. The van der Waals surface area contributed by atoms with Crippen molar-refractivity contribution in [3.63, 3.8) is 0 Å². The molecule has 4 heteroatoms. The smallest absolute Gasteiger partial charge is 0.0611 e. The van der Waals surface area contributed by atoms with Crippen LogP contribution in [0.4, 0.5) is 0 Å². The minimum absolute atomic E-state index is 0.0357. The van der Waals surface area contributed by atoms with Gasteiger partial charge in [-0.25, -0.2) is 0 Å². The zero-order chi connectivity index (χ0) is 10.8. The molecule has 0 aromatic heterocycles. The minimum atomic E-state index is 0.0357. The lowest BCUT2D eigenvalue weighted by Gasteiger charge is -2.25. The Balaban J connectivity index is 2.11. The summed E-state index contributed by atoms with van der Waals surface area (Å²) >= 11 is 7.96. The molecule has 1 aromatic rings. The van der Waals surface area contributed by atoms with Crippen molar-refractivity contribution in [1.82, 2.24) is 0 Å². The van der Waals surface area contributed by atoms with Crippen molar-refractivity contribution in [3.8, 4) is 0 Å². The Morgan fingerprint density at radius 3 is 2.73 bits per heavy atom. The summed E-state index contributed by atoms with van der Waals surface area (Å²) < 4.78 is 5.12. The van der Waals surface area contributed by atoms with Crippen LogP contribution in [-0.2, 0) is 4.74 Å². The molecule has 2 rings (SSSR count). The summed E-state index contributed by atoms with van der Waals surface area (Å²) in [6.07, 6.45) is 0. The minimum Gasteiger partial charge on any atom is -0.379 e. The van der Waals surface area contributed by atoms with E-state index in [4.69, 9.17) is 22.1 Å². The first-order valence-electron chi connectivity index (χ1n) is 4.96. The predicted molar refractivity (Wildman–Crippen MR) is 64.5 cm³/mol. The van der Waals surface area contributed by atoms with Gasteiger partial charge in [-0.05, 0) is 24.6 Å². The number of nitrogens with two attached hydrogens (primary N) is 1. The third-order valence-electron chi connectivity index (χ3n) is 2.38. The van der Waals surface area contributed by atoms with Gasteiger partial charge >= 0.3 is 0 Å². The van der Waals surface area contributed by atoms with Gasteiger partial charge in [0, 0.05) is 10.9 Å². The second-order valence-corrected chi connectivity index (χ2v) is 5.51. The molecule has 82 valence electrons. The molecule has 1 aliphatic rings. The monoisotopic (exact) mass is 243 g/mol. The van der Waals surface area contributed by atoms with Crippen molar-refractivity contribution in [2.45, 2.75) is 23.1 Å². The number of hydrogen-bond donors (Lipinski definition) is 1. The third kappa shape index (κ3) is 2.67. The number of hydrogen-bond acceptors (Lipinski definition) is 3. The third-order valence-corrected chi connectivity index (χ3v) is 4.02. The van der Waals surface area contributed by atoms with Gasteiger partial charge in [-0.1, -0.05) is 17.7 Å². The fourth-order valence-corrected chi connectivity index (χ4v) is 2.69. The van der Waals surface area contributed by atoms with E-state index >= 15 is 0 Å². The zero-order valence-corrected chi connectivity index (χ0v) is 10.1. The lowest BCUT2D eigenvalue weighted by atomic mass is 10.1. The number of halogens is 1. The first kappa shape index (κ1) is 11.3. The summed E-state index contributed by atoms with van der Waals surface area (Å²) in [5, 5.41) is 1.35. The van der Waals surface area contributed by atoms with Crippen molar-refractivity contribution < 1.29 is 4.74 Å². The van der Waals surface area contributed by atoms with E-state index in [-0.39, 0.29) is 6.04 Å². The van der Waals surface area contributed by atoms with Gasteiger partial charge in [0.2, 0.25) is 0 Å². The van der Waals surface area contributed by atoms with Crippen LogP contribution in [0, 0.1) is 0 Å². The Bertz CT molecular complexity index is 352. The van der Waals surface area contributed by atoms with E-state index in [1.807, 2.05) is 25.1 Å². The summed E-state index contributed by atoms with van der Waals surface area (Å²) in [6.45, 7) is 3.62. The Morgan fingerprint density at radius 1 is 1.53 bits per heavy atom. The molecule has 1 atom stereocenters. The van der Waals surface area contributed by atoms with E-state index in [9.17, 15) is 0 Å². The largest absolute Gasteiger partial charge is 0.379 e. The van der Waals surface area contributed by atoms with E-state index < -0.39 is 0 Å². The van der Waals surface area contributed by atoms with Crippen LogP contribution in [0.2, 0.25) is 5.02 Å². The lowest BCUT2D eigenvalue weighted by molar-refractivity contribution is 0.0455. The summed E-state index contributed by atoms with van der Waals surface area (Å²) in [5.41, 5.74) is 6.86. The maximum absolute atomic E-state index is 6.18. The van der Waals surface area contributed by atoms with Gasteiger partial charge < -0.3 is 10.5 Å². The van der Waals surface area contributed by atoms with Crippen molar-refractivity contribution in [2.24, 2.45) is 5.73 Å². The highest BCUT2D eigenvalue weighted by Gasteiger charge is 2.20. The fourth-order valence-electron chi connectivity index (χ4n) is 1.36. The molecular weight excluding hydrogens is 230 g/mol. The maximum atomic E-state index is 6.18. The molecule has 0 saturated carbocycles. The van der Waals surface area contributed by atoms with Crippen LogP contribution in [0.5, 0.6) is 0 Å². The van der Waals surface area contributed by atoms with Gasteiger partial charge in [-0.2, -0.15) is 0 Å². The molecule has 2 N–H and O–H groups in total. The molecule has 2 nitrogen and oxygen atoms in total. The van der Waals surface area contributed by atoms with Crippen LogP contribution in [-0.4, -0.2) is 18.5 Å². The Hall–Kier alpha value is -0.220. The molecule has 0 aliphatic carbocycles. The van der Waals surface area contributed by atoms with Gasteiger partial charge in [-0.15, -0.1) is 11.8 Å². The van der Waals surface area contributed by atoms with Crippen LogP contribution in [0.15, 0.2) is 23.1 Å². The lowest BCUT2D eigenvalue weighted by Crippen LogP contribution is -2.30. The summed E-state index contributed by atoms with van der Waals surface area (Å²) in [7, 11) is 0. The van der Waals surface area contributed by atoms with Crippen LogP contribution in [0.25, 0.3) is 0 Å². The molecule has 1 fully saturated rings. The van der Waals surface area contributed by atoms with Gasteiger partial charge in [0.25, 0.3) is 0 Å². The molecular formula is C11H14ClNOS. The average Bonchev–Trinajstić information content (AvgIpc) is 2.12. The number of ether oxygens (including phenoxy) is 1. The van der Waals surface area contributed by atoms with Crippen LogP contribution < -0.4 is 5.73 Å². The van der Waals surface area contributed by atoms with Crippen molar-refractivity contribution in [2.75, 3.05) is 13.2 Å². The van der Waals surface area contributed by atoms with E-state index in [1.54, 1.807) is 11.8 Å². The SMILES string of the molecule is C[C@H](N)c1ccc(SC2COC2)c(Cl)c1. The molecule has 0 bridgehead atoms. The second kappa shape index (κ2) is 4.74. The molecule has 0 radical (unpaired) electrons. The maximum Gasteiger partial charge on any atom is 0.0611 e. The number of rotatable bonds is 3. The number of thioether (sulfide) groups is 1. The van der Waals surface area contributed by atoms with Crippen LogP contribution in [0.3, 0.4) is 0 Å². The van der Waals surface area contributed by atoms with Crippen molar-refractivity contribution >= 4 is 23.4 Å². The highest BCUT2D eigenvalue weighted by atomic mass is 35.5. The highest BCUT2D eigenvalue weighted by Crippen LogP contribution is 2.34. The van der Waals surface area contributed by atoms with Gasteiger partial charge in [0.1, 0.15) is 0 Å². The second-order valence-electron chi connectivity index (χ2n) is 3.76. The summed E-state index contributed by atoms with van der Waals surface area (Å²) in [6, 6.07) is 6.07.